The van der Waals surface area contributed by atoms with E-state index in [4.69, 9.17) is 4.74 Å². The summed E-state index contributed by atoms with van der Waals surface area (Å²) in [6.45, 7) is 8.41. The van der Waals surface area contributed by atoms with E-state index in [-0.39, 0.29) is 0 Å². The molecule has 130 valence electrons. The molecule has 1 atom stereocenters. The standard InChI is InChI=1S/C19H28N4O/c1-16(15-24-3)23-11-9-22(10-12-23)14-18-13-21(2)20-19(18)17-7-5-4-6-8-17/h4-8,13,16H,9-12,14-15H2,1-3H3/t16-/m0/s1. The van der Waals surface area contributed by atoms with E-state index in [0.29, 0.717) is 6.04 Å². The Morgan fingerprint density at radius 2 is 1.83 bits per heavy atom. The summed E-state index contributed by atoms with van der Waals surface area (Å²) in [6.07, 6.45) is 2.16. The van der Waals surface area contributed by atoms with Crippen LogP contribution < -0.4 is 0 Å². The molecule has 2 aromatic rings. The van der Waals surface area contributed by atoms with Crippen LogP contribution >= 0.6 is 0 Å². The second-order valence-corrected chi connectivity index (χ2v) is 6.66. The molecule has 1 aliphatic heterocycles. The van der Waals surface area contributed by atoms with Gasteiger partial charge in [-0.3, -0.25) is 14.5 Å². The number of aryl methyl sites for hydroxylation is 1. The smallest absolute Gasteiger partial charge is 0.0968 e. The van der Waals surface area contributed by atoms with E-state index in [1.165, 1.54) is 11.1 Å². The Morgan fingerprint density at radius 3 is 2.50 bits per heavy atom. The molecule has 0 spiro atoms. The maximum atomic E-state index is 5.28. The van der Waals surface area contributed by atoms with Gasteiger partial charge in [-0.25, -0.2) is 0 Å². The highest BCUT2D eigenvalue weighted by Gasteiger charge is 2.22. The van der Waals surface area contributed by atoms with Gasteiger partial charge >= 0.3 is 0 Å². The van der Waals surface area contributed by atoms with E-state index < -0.39 is 0 Å². The van der Waals surface area contributed by atoms with Crippen molar-refractivity contribution in [3.63, 3.8) is 0 Å². The van der Waals surface area contributed by atoms with Crippen molar-refractivity contribution in [3.8, 4) is 11.3 Å². The van der Waals surface area contributed by atoms with Gasteiger partial charge in [0.05, 0.1) is 12.3 Å². The molecule has 0 amide bonds. The van der Waals surface area contributed by atoms with Crippen molar-refractivity contribution in [2.45, 2.75) is 19.5 Å². The van der Waals surface area contributed by atoms with E-state index in [1.54, 1.807) is 7.11 Å². The van der Waals surface area contributed by atoms with Gasteiger partial charge in [0.15, 0.2) is 0 Å². The fourth-order valence-electron chi connectivity index (χ4n) is 3.44. The van der Waals surface area contributed by atoms with Crippen LogP contribution in [0.5, 0.6) is 0 Å². The van der Waals surface area contributed by atoms with Gasteiger partial charge in [-0.05, 0) is 6.92 Å². The first-order valence-electron chi connectivity index (χ1n) is 8.70. The number of hydrogen-bond donors (Lipinski definition) is 0. The second kappa shape index (κ2) is 7.92. The second-order valence-electron chi connectivity index (χ2n) is 6.66. The summed E-state index contributed by atoms with van der Waals surface area (Å²) in [7, 11) is 3.78. The number of rotatable bonds is 6. The van der Waals surface area contributed by atoms with E-state index in [9.17, 15) is 0 Å². The molecule has 0 aliphatic carbocycles. The maximum absolute atomic E-state index is 5.28. The molecule has 0 N–H and O–H groups in total. The van der Waals surface area contributed by atoms with Crippen LogP contribution in [0.2, 0.25) is 0 Å². The SMILES string of the molecule is COC[C@H](C)N1CCN(Cc2cn(C)nc2-c2ccccc2)CC1. The van der Waals surface area contributed by atoms with Crippen molar-refractivity contribution in [3.05, 3.63) is 42.1 Å². The zero-order chi connectivity index (χ0) is 16.9. The Morgan fingerprint density at radius 1 is 1.12 bits per heavy atom. The summed E-state index contributed by atoms with van der Waals surface area (Å²) in [5, 5.41) is 4.68. The number of benzene rings is 1. The number of aromatic nitrogens is 2. The molecule has 0 saturated carbocycles. The highest BCUT2D eigenvalue weighted by Crippen LogP contribution is 2.23. The quantitative estimate of drug-likeness (QED) is 0.814. The molecule has 1 aromatic carbocycles. The number of methoxy groups -OCH3 is 1. The first-order chi connectivity index (χ1) is 11.7. The molecule has 0 radical (unpaired) electrons. The van der Waals surface area contributed by atoms with Gasteiger partial charge in [-0.15, -0.1) is 0 Å². The van der Waals surface area contributed by atoms with Crippen LogP contribution in [-0.4, -0.2) is 65.5 Å². The third kappa shape index (κ3) is 4.04. The number of ether oxygens (including phenoxy) is 1. The van der Waals surface area contributed by atoms with Crippen molar-refractivity contribution in [1.29, 1.82) is 0 Å². The van der Waals surface area contributed by atoms with Gasteiger partial charge in [0.1, 0.15) is 0 Å². The van der Waals surface area contributed by atoms with E-state index in [1.807, 2.05) is 17.8 Å². The normalized spacial score (nSPS) is 18.0. The monoisotopic (exact) mass is 328 g/mol. The fraction of sp³-hybridized carbons (Fsp3) is 0.526. The average molecular weight is 328 g/mol. The molecule has 5 heteroatoms. The number of nitrogens with zero attached hydrogens (tertiary/aromatic N) is 4. The fourth-order valence-corrected chi connectivity index (χ4v) is 3.44. The predicted octanol–water partition coefficient (Wildman–Crippen LogP) is 2.24. The van der Waals surface area contributed by atoms with Crippen LogP contribution in [-0.2, 0) is 18.3 Å². The molecule has 1 aromatic heterocycles. The molecule has 24 heavy (non-hydrogen) atoms. The van der Waals surface area contributed by atoms with E-state index in [2.05, 4.69) is 52.3 Å². The van der Waals surface area contributed by atoms with Gasteiger partial charge in [0.25, 0.3) is 0 Å². The van der Waals surface area contributed by atoms with Crippen molar-refractivity contribution in [1.82, 2.24) is 19.6 Å². The third-order valence-corrected chi connectivity index (χ3v) is 4.78. The van der Waals surface area contributed by atoms with Gasteiger partial charge in [0, 0.05) is 70.2 Å². The highest BCUT2D eigenvalue weighted by molar-refractivity contribution is 5.62. The summed E-state index contributed by atoms with van der Waals surface area (Å²) >= 11 is 0. The molecule has 0 unspecified atom stereocenters. The minimum atomic E-state index is 0.496. The molecule has 5 nitrogen and oxygen atoms in total. The first kappa shape index (κ1) is 17.1. The predicted molar refractivity (Wildman–Crippen MR) is 96.8 cm³/mol. The summed E-state index contributed by atoms with van der Waals surface area (Å²) in [5.74, 6) is 0. The average Bonchev–Trinajstić information content (AvgIpc) is 2.97. The summed E-state index contributed by atoms with van der Waals surface area (Å²) in [6, 6.07) is 11.0. The van der Waals surface area contributed by atoms with Gasteiger partial charge in [0.2, 0.25) is 0 Å². The number of hydrogen-bond acceptors (Lipinski definition) is 4. The molecule has 1 fully saturated rings. The van der Waals surface area contributed by atoms with Gasteiger partial charge in [-0.1, -0.05) is 30.3 Å². The van der Waals surface area contributed by atoms with E-state index >= 15 is 0 Å². The van der Waals surface area contributed by atoms with Crippen LogP contribution in [0.15, 0.2) is 36.5 Å². The Kier molecular flexibility index (Phi) is 5.66. The molecule has 2 heterocycles. The summed E-state index contributed by atoms with van der Waals surface area (Å²) < 4.78 is 7.21. The van der Waals surface area contributed by atoms with Crippen LogP contribution in [0, 0.1) is 0 Å². The lowest BCUT2D eigenvalue weighted by Gasteiger charge is -2.37. The van der Waals surface area contributed by atoms with Gasteiger partial charge < -0.3 is 4.74 Å². The Balaban J connectivity index is 1.64. The lowest BCUT2D eigenvalue weighted by Crippen LogP contribution is -2.50. The van der Waals surface area contributed by atoms with Crippen molar-refractivity contribution in [2.75, 3.05) is 39.9 Å². The highest BCUT2D eigenvalue weighted by atomic mass is 16.5. The minimum absolute atomic E-state index is 0.496. The maximum Gasteiger partial charge on any atom is 0.0968 e. The van der Waals surface area contributed by atoms with Crippen LogP contribution in [0.3, 0.4) is 0 Å². The van der Waals surface area contributed by atoms with Crippen LogP contribution in [0.25, 0.3) is 11.3 Å². The van der Waals surface area contributed by atoms with Crippen molar-refractivity contribution in [2.24, 2.45) is 7.05 Å². The summed E-state index contributed by atoms with van der Waals surface area (Å²) in [4.78, 5) is 5.04. The molecule has 1 aliphatic rings. The van der Waals surface area contributed by atoms with E-state index in [0.717, 1.165) is 45.0 Å². The molecule has 3 rings (SSSR count). The topological polar surface area (TPSA) is 33.5 Å². The zero-order valence-electron chi connectivity index (χ0n) is 15.0. The molecule has 1 saturated heterocycles. The Bertz CT molecular complexity index is 632. The largest absolute Gasteiger partial charge is 0.383 e. The van der Waals surface area contributed by atoms with Crippen molar-refractivity contribution >= 4 is 0 Å². The minimum Gasteiger partial charge on any atom is -0.383 e. The Hall–Kier alpha value is -1.69. The van der Waals surface area contributed by atoms with Crippen molar-refractivity contribution < 1.29 is 4.74 Å². The lowest BCUT2D eigenvalue weighted by molar-refractivity contribution is 0.0550. The van der Waals surface area contributed by atoms with Gasteiger partial charge in [-0.2, -0.15) is 5.10 Å². The summed E-state index contributed by atoms with van der Waals surface area (Å²) in [5.41, 5.74) is 3.61. The molecular weight excluding hydrogens is 300 g/mol. The molecular formula is C19H28N4O. The first-order valence-corrected chi connectivity index (χ1v) is 8.70. The van der Waals surface area contributed by atoms with Crippen LogP contribution in [0.4, 0.5) is 0 Å². The third-order valence-electron chi connectivity index (χ3n) is 4.78. The Labute approximate surface area is 144 Å². The van der Waals surface area contributed by atoms with Crippen LogP contribution in [0.1, 0.15) is 12.5 Å². The zero-order valence-corrected chi connectivity index (χ0v) is 15.0. The number of piperazine rings is 1. The molecule has 0 bridgehead atoms. The lowest BCUT2D eigenvalue weighted by atomic mass is 10.1.